The molecule has 0 amide bonds. The average Bonchev–Trinajstić information content (AvgIpc) is 2.36. The molecule has 0 saturated carbocycles. The quantitative estimate of drug-likeness (QED) is 0.639. The van der Waals surface area contributed by atoms with Crippen molar-refractivity contribution in [3.8, 4) is 0 Å². The zero-order valence-electron chi connectivity index (χ0n) is 10.6. The summed E-state index contributed by atoms with van der Waals surface area (Å²) in [5, 5.41) is -1.23. The Morgan fingerprint density at radius 1 is 1.42 bits per heavy atom. The van der Waals surface area contributed by atoms with Gasteiger partial charge >= 0.3 is 5.97 Å². The van der Waals surface area contributed by atoms with Crippen molar-refractivity contribution in [2.75, 3.05) is 7.11 Å². The predicted octanol–water partition coefficient (Wildman–Crippen LogP) is 0.797. The number of nitrogens with two attached hydrogens (primary N) is 1. The van der Waals surface area contributed by atoms with Crippen LogP contribution in [0.1, 0.15) is 18.1 Å². The molecule has 1 aromatic rings. The Hall–Kier alpha value is -1.47. The number of rotatable bonds is 5. The van der Waals surface area contributed by atoms with E-state index in [1.807, 2.05) is 0 Å². The lowest BCUT2D eigenvalue weighted by molar-refractivity contribution is -0.139. The fraction of sp³-hybridized carbons (Fsp3) is 0.333. The van der Waals surface area contributed by atoms with Crippen LogP contribution >= 0.6 is 12.2 Å². The lowest BCUT2D eigenvalue weighted by Gasteiger charge is -2.13. The molecule has 0 aliphatic carbocycles. The number of esters is 1. The topological polar surface area (TPSA) is 86.5 Å². The summed E-state index contributed by atoms with van der Waals surface area (Å²) in [5.74, 6) is -1.09. The molecule has 0 aliphatic rings. The second-order valence-electron chi connectivity index (χ2n) is 3.99. The third-order valence-electron chi connectivity index (χ3n) is 2.71. The number of hydrogen-bond donors (Lipinski definition) is 1. The highest BCUT2D eigenvalue weighted by atomic mass is 32.2. The fourth-order valence-electron chi connectivity index (χ4n) is 1.54. The molecule has 0 heterocycles. The molecule has 0 saturated heterocycles. The van der Waals surface area contributed by atoms with Crippen LogP contribution in [0.15, 0.2) is 24.3 Å². The molecule has 2 N–H and O–H groups in total. The van der Waals surface area contributed by atoms with E-state index < -0.39 is 21.1 Å². The molecule has 7 heteroatoms. The summed E-state index contributed by atoms with van der Waals surface area (Å²) < 4.78 is 28.6. The lowest BCUT2D eigenvalue weighted by atomic mass is 10.1. The minimum atomic E-state index is -3.67. The highest BCUT2D eigenvalue weighted by Crippen LogP contribution is 2.16. The summed E-state index contributed by atoms with van der Waals surface area (Å²) in [6.45, 7) is 1.30. The third kappa shape index (κ3) is 3.74. The normalized spacial score (nSPS) is 12.7. The van der Waals surface area contributed by atoms with Gasteiger partial charge in [-0.1, -0.05) is 36.5 Å². The molecule has 104 valence electrons. The molecular formula is C12H15NO4S2. The molecule has 5 nitrogen and oxygen atoms in total. The number of ether oxygens (including phenoxy) is 1. The van der Waals surface area contributed by atoms with Crippen molar-refractivity contribution in [3.63, 3.8) is 0 Å². The average molecular weight is 301 g/mol. The third-order valence-corrected chi connectivity index (χ3v) is 4.91. The van der Waals surface area contributed by atoms with Gasteiger partial charge in [-0.25, -0.2) is 8.42 Å². The number of carbonyl (C=O) groups is 1. The summed E-state index contributed by atoms with van der Waals surface area (Å²) in [5.41, 5.74) is 6.52. The van der Waals surface area contributed by atoms with Crippen LogP contribution in [-0.2, 0) is 25.1 Å². The smallest absolute Gasteiger partial charge is 0.323 e. The molecule has 1 unspecified atom stereocenters. The Morgan fingerprint density at radius 3 is 2.53 bits per heavy atom. The SMILES string of the molecule is COC(=O)C(C)S(=O)(=O)Cc1ccccc1C(N)=S. The van der Waals surface area contributed by atoms with Gasteiger partial charge in [-0.2, -0.15) is 0 Å². The zero-order valence-corrected chi connectivity index (χ0v) is 12.3. The van der Waals surface area contributed by atoms with Gasteiger partial charge in [0.05, 0.1) is 12.9 Å². The van der Waals surface area contributed by atoms with Gasteiger partial charge in [-0.3, -0.25) is 4.79 Å². The number of thiocarbonyl (C=S) groups is 1. The molecule has 1 atom stereocenters. The van der Waals surface area contributed by atoms with Crippen LogP contribution in [-0.4, -0.2) is 31.7 Å². The van der Waals surface area contributed by atoms with Crippen molar-refractivity contribution >= 4 is 33.0 Å². The van der Waals surface area contributed by atoms with E-state index in [9.17, 15) is 13.2 Å². The Labute approximate surface area is 117 Å². The van der Waals surface area contributed by atoms with E-state index in [0.717, 1.165) is 7.11 Å². The fourth-order valence-corrected chi connectivity index (χ4v) is 3.06. The summed E-state index contributed by atoms with van der Waals surface area (Å²) in [7, 11) is -2.52. The van der Waals surface area contributed by atoms with Crippen molar-refractivity contribution in [2.24, 2.45) is 5.73 Å². The molecule has 1 aromatic carbocycles. The minimum absolute atomic E-state index is 0.122. The Morgan fingerprint density at radius 2 is 2.00 bits per heavy atom. The second kappa shape index (κ2) is 6.12. The molecule has 1 rings (SSSR count). The van der Waals surface area contributed by atoms with Crippen LogP contribution in [0.3, 0.4) is 0 Å². The van der Waals surface area contributed by atoms with Crippen LogP contribution in [0.4, 0.5) is 0 Å². The maximum atomic E-state index is 12.1. The number of methoxy groups -OCH3 is 1. The summed E-state index contributed by atoms with van der Waals surface area (Å²) in [4.78, 5) is 11.4. The van der Waals surface area contributed by atoms with Crippen molar-refractivity contribution in [2.45, 2.75) is 17.9 Å². The molecule has 0 bridgehead atoms. The van der Waals surface area contributed by atoms with E-state index >= 15 is 0 Å². The zero-order chi connectivity index (χ0) is 14.6. The summed E-state index contributed by atoms with van der Waals surface area (Å²) >= 11 is 4.87. The Balaban J connectivity index is 3.09. The van der Waals surface area contributed by atoms with Crippen LogP contribution in [0.2, 0.25) is 0 Å². The van der Waals surface area contributed by atoms with Crippen LogP contribution < -0.4 is 5.73 Å². The first kappa shape index (κ1) is 15.6. The first-order valence-electron chi connectivity index (χ1n) is 5.46. The van der Waals surface area contributed by atoms with E-state index in [4.69, 9.17) is 18.0 Å². The highest BCUT2D eigenvalue weighted by molar-refractivity contribution is 7.92. The van der Waals surface area contributed by atoms with Gasteiger partial charge in [-0.05, 0) is 12.5 Å². The van der Waals surface area contributed by atoms with Gasteiger partial charge in [0.2, 0.25) is 0 Å². The standard InChI is InChI=1S/C12H15NO4S2/c1-8(12(14)17-2)19(15,16)7-9-5-3-4-6-10(9)11(13)18/h3-6,8H,7H2,1-2H3,(H2,13,18). The van der Waals surface area contributed by atoms with E-state index in [1.165, 1.54) is 6.92 Å². The van der Waals surface area contributed by atoms with Crippen LogP contribution in [0, 0.1) is 0 Å². The van der Waals surface area contributed by atoms with Gasteiger partial charge in [-0.15, -0.1) is 0 Å². The molecule has 0 radical (unpaired) electrons. The predicted molar refractivity (Wildman–Crippen MR) is 76.4 cm³/mol. The van der Waals surface area contributed by atoms with Crippen molar-refractivity contribution < 1.29 is 17.9 Å². The van der Waals surface area contributed by atoms with Crippen molar-refractivity contribution in [1.82, 2.24) is 0 Å². The van der Waals surface area contributed by atoms with Gasteiger partial charge in [0.15, 0.2) is 15.1 Å². The maximum absolute atomic E-state index is 12.1. The van der Waals surface area contributed by atoms with Crippen molar-refractivity contribution in [3.05, 3.63) is 35.4 Å². The Kier molecular flexibility index (Phi) is 5.02. The Bertz CT molecular complexity index is 596. The second-order valence-corrected chi connectivity index (χ2v) is 6.76. The molecule has 19 heavy (non-hydrogen) atoms. The molecule has 0 aromatic heterocycles. The molecule has 0 fully saturated rings. The largest absolute Gasteiger partial charge is 0.468 e. The molecule has 0 aliphatic heterocycles. The number of benzene rings is 1. The number of hydrogen-bond acceptors (Lipinski definition) is 5. The highest BCUT2D eigenvalue weighted by Gasteiger charge is 2.29. The maximum Gasteiger partial charge on any atom is 0.323 e. The number of carbonyl (C=O) groups excluding carboxylic acids is 1. The monoisotopic (exact) mass is 301 g/mol. The van der Waals surface area contributed by atoms with Gasteiger partial charge in [0, 0.05) is 5.56 Å². The first-order valence-corrected chi connectivity index (χ1v) is 7.59. The van der Waals surface area contributed by atoms with Crippen LogP contribution in [0.25, 0.3) is 0 Å². The van der Waals surface area contributed by atoms with Gasteiger partial charge < -0.3 is 10.5 Å². The van der Waals surface area contributed by atoms with E-state index in [0.29, 0.717) is 11.1 Å². The van der Waals surface area contributed by atoms with Gasteiger partial charge in [0.25, 0.3) is 0 Å². The molecule has 0 spiro atoms. The number of sulfone groups is 1. The van der Waals surface area contributed by atoms with E-state index in [1.54, 1.807) is 24.3 Å². The minimum Gasteiger partial charge on any atom is -0.468 e. The van der Waals surface area contributed by atoms with E-state index in [-0.39, 0.29) is 10.7 Å². The van der Waals surface area contributed by atoms with Crippen LogP contribution in [0.5, 0.6) is 0 Å². The van der Waals surface area contributed by atoms with E-state index in [2.05, 4.69) is 4.74 Å². The van der Waals surface area contributed by atoms with Crippen molar-refractivity contribution in [1.29, 1.82) is 0 Å². The lowest BCUT2D eigenvalue weighted by Crippen LogP contribution is -2.30. The summed E-state index contributed by atoms with van der Waals surface area (Å²) in [6.07, 6.45) is 0. The first-order chi connectivity index (χ1) is 8.79. The summed E-state index contributed by atoms with van der Waals surface area (Å²) in [6, 6.07) is 6.68. The van der Waals surface area contributed by atoms with Gasteiger partial charge in [0.1, 0.15) is 4.99 Å². The molecular weight excluding hydrogens is 286 g/mol.